The number of aryl methyl sites for hydroxylation is 1. The van der Waals surface area contributed by atoms with Gasteiger partial charge in [-0.15, -0.1) is 0 Å². The number of ether oxygens (including phenoxy) is 2. The van der Waals surface area contributed by atoms with E-state index in [1.54, 1.807) is 23.0 Å². The van der Waals surface area contributed by atoms with Crippen molar-refractivity contribution in [3.05, 3.63) is 52.6 Å². The standard InChI is InChI=1S/C23H24F3N3O4S/c1-5-6-11-29-18-13-27-10-9-19(18)34-21(29)28-20(31)16-12-15(7-8-17(16)23(24,25)26)33-22(3,4)32-14(2)30/h7-10,12-13H,5-6,11H2,1-4H3. The largest absolute Gasteiger partial charge is 0.453 e. The maximum atomic E-state index is 13.7. The van der Waals surface area contributed by atoms with Gasteiger partial charge in [-0.2, -0.15) is 18.2 Å². The molecule has 182 valence electrons. The molecule has 0 aliphatic carbocycles. The van der Waals surface area contributed by atoms with Crippen LogP contribution in [0.2, 0.25) is 0 Å². The molecule has 0 spiro atoms. The smallest absolute Gasteiger partial charge is 0.417 e. The van der Waals surface area contributed by atoms with Crippen molar-refractivity contribution in [3.63, 3.8) is 0 Å². The average molecular weight is 496 g/mol. The van der Waals surface area contributed by atoms with Gasteiger partial charge in [0.2, 0.25) is 5.79 Å². The van der Waals surface area contributed by atoms with Crippen LogP contribution in [-0.4, -0.2) is 27.2 Å². The Labute approximate surface area is 197 Å². The number of aromatic nitrogens is 2. The Morgan fingerprint density at radius 2 is 1.94 bits per heavy atom. The van der Waals surface area contributed by atoms with Crippen molar-refractivity contribution in [2.24, 2.45) is 4.99 Å². The highest BCUT2D eigenvalue weighted by Gasteiger charge is 2.36. The molecular weight excluding hydrogens is 471 g/mol. The molecule has 0 saturated carbocycles. The summed E-state index contributed by atoms with van der Waals surface area (Å²) in [4.78, 5) is 32.8. The minimum Gasteiger partial charge on any atom is -0.453 e. The fraction of sp³-hybridized carbons (Fsp3) is 0.391. The van der Waals surface area contributed by atoms with E-state index in [4.69, 9.17) is 9.47 Å². The van der Waals surface area contributed by atoms with Crippen LogP contribution in [0.15, 0.2) is 41.7 Å². The monoisotopic (exact) mass is 495 g/mol. The van der Waals surface area contributed by atoms with Crippen LogP contribution in [0.3, 0.4) is 0 Å². The number of pyridine rings is 1. The molecule has 0 N–H and O–H groups in total. The number of esters is 1. The summed E-state index contributed by atoms with van der Waals surface area (Å²) in [6.07, 6.45) is 0.130. The molecule has 11 heteroatoms. The second-order valence-electron chi connectivity index (χ2n) is 7.95. The van der Waals surface area contributed by atoms with Gasteiger partial charge in [-0.3, -0.25) is 14.6 Å². The topological polar surface area (TPSA) is 82.8 Å². The van der Waals surface area contributed by atoms with Gasteiger partial charge >= 0.3 is 12.1 Å². The summed E-state index contributed by atoms with van der Waals surface area (Å²) in [5.74, 6) is -3.21. The summed E-state index contributed by atoms with van der Waals surface area (Å²) >= 11 is 1.20. The van der Waals surface area contributed by atoms with E-state index in [0.29, 0.717) is 6.54 Å². The number of carbonyl (C=O) groups excluding carboxylic acids is 2. The molecule has 3 rings (SSSR count). The number of nitrogens with zero attached hydrogens (tertiary/aromatic N) is 3. The van der Waals surface area contributed by atoms with Crippen molar-refractivity contribution >= 4 is 33.4 Å². The Morgan fingerprint density at radius 1 is 1.21 bits per heavy atom. The fourth-order valence-electron chi connectivity index (χ4n) is 3.34. The summed E-state index contributed by atoms with van der Waals surface area (Å²) in [6.45, 7) is 6.59. The Kier molecular flexibility index (Phi) is 7.44. The highest BCUT2D eigenvalue weighted by molar-refractivity contribution is 7.16. The average Bonchev–Trinajstić information content (AvgIpc) is 3.06. The first kappa shape index (κ1) is 25.4. The lowest BCUT2D eigenvalue weighted by Gasteiger charge is -2.26. The van der Waals surface area contributed by atoms with Crippen LogP contribution >= 0.6 is 11.3 Å². The highest BCUT2D eigenvalue weighted by atomic mass is 32.1. The summed E-state index contributed by atoms with van der Waals surface area (Å²) in [6, 6.07) is 4.54. The van der Waals surface area contributed by atoms with Gasteiger partial charge in [0.1, 0.15) is 5.75 Å². The molecule has 0 bridgehead atoms. The van der Waals surface area contributed by atoms with Crippen molar-refractivity contribution in [2.75, 3.05) is 0 Å². The molecule has 0 radical (unpaired) electrons. The number of amides is 1. The minimum atomic E-state index is -4.79. The minimum absolute atomic E-state index is 0.0720. The van der Waals surface area contributed by atoms with Crippen molar-refractivity contribution in [2.45, 2.75) is 59.0 Å². The Balaban J connectivity index is 2.10. The van der Waals surface area contributed by atoms with Gasteiger partial charge in [-0.1, -0.05) is 24.7 Å². The molecule has 34 heavy (non-hydrogen) atoms. The number of hydrogen-bond donors (Lipinski definition) is 0. The van der Waals surface area contributed by atoms with Crippen LogP contribution in [0, 0.1) is 0 Å². The van der Waals surface area contributed by atoms with Gasteiger partial charge in [-0.25, -0.2) is 0 Å². The first-order chi connectivity index (χ1) is 15.9. The van der Waals surface area contributed by atoms with Gasteiger partial charge in [0.05, 0.1) is 27.5 Å². The number of rotatable bonds is 7. The van der Waals surface area contributed by atoms with Gasteiger partial charge in [0.15, 0.2) is 4.80 Å². The Morgan fingerprint density at radius 3 is 2.59 bits per heavy atom. The molecule has 0 aliphatic rings. The molecule has 2 aromatic heterocycles. The third-order valence-corrected chi connectivity index (χ3v) is 5.76. The van der Waals surface area contributed by atoms with Crippen LogP contribution in [0.1, 0.15) is 56.5 Å². The molecule has 2 heterocycles. The predicted octanol–water partition coefficient (Wildman–Crippen LogP) is 5.34. The molecule has 0 saturated heterocycles. The van der Waals surface area contributed by atoms with Gasteiger partial charge in [0.25, 0.3) is 5.91 Å². The molecule has 0 aliphatic heterocycles. The zero-order valence-electron chi connectivity index (χ0n) is 19.1. The number of unbranched alkanes of at least 4 members (excludes halogenated alkanes) is 1. The summed E-state index contributed by atoms with van der Waals surface area (Å²) in [7, 11) is 0. The van der Waals surface area contributed by atoms with E-state index in [2.05, 4.69) is 9.98 Å². The van der Waals surface area contributed by atoms with Crippen LogP contribution in [0.25, 0.3) is 10.2 Å². The number of alkyl halides is 3. The van der Waals surface area contributed by atoms with Crippen molar-refractivity contribution in [3.8, 4) is 5.75 Å². The molecule has 0 fully saturated rings. The van der Waals surface area contributed by atoms with E-state index in [9.17, 15) is 22.8 Å². The van der Waals surface area contributed by atoms with Crippen molar-refractivity contribution in [1.29, 1.82) is 0 Å². The van der Waals surface area contributed by atoms with Crippen LogP contribution in [-0.2, 0) is 22.3 Å². The zero-order valence-corrected chi connectivity index (χ0v) is 19.9. The van der Waals surface area contributed by atoms with Gasteiger partial charge < -0.3 is 14.0 Å². The van der Waals surface area contributed by atoms with Gasteiger partial charge in [0, 0.05) is 33.5 Å². The van der Waals surface area contributed by atoms with Crippen molar-refractivity contribution < 1.29 is 32.2 Å². The maximum absolute atomic E-state index is 13.7. The second kappa shape index (κ2) is 9.96. The lowest BCUT2D eigenvalue weighted by molar-refractivity contribution is -0.183. The molecule has 1 aromatic carbocycles. The first-order valence-corrected chi connectivity index (χ1v) is 11.3. The summed E-state index contributed by atoms with van der Waals surface area (Å²) < 4.78 is 54.2. The van der Waals surface area contributed by atoms with Crippen molar-refractivity contribution in [1.82, 2.24) is 9.55 Å². The third-order valence-electron chi connectivity index (χ3n) is 4.70. The van der Waals surface area contributed by atoms with E-state index in [1.165, 1.54) is 32.1 Å². The summed E-state index contributed by atoms with van der Waals surface area (Å²) in [5.41, 5.74) is -1.05. The van der Waals surface area contributed by atoms with E-state index in [0.717, 1.165) is 41.3 Å². The van der Waals surface area contributed by atoms with Crippen LogP contribution in [0.4, 0.5) is 13.2 Å². The first-order valence-electron chi connectivity index (χ1n) is 10.5. The van der Waals surface area contributed by atoms with Gasteiger partial charge in [-0.05, 0) is 30.7 Å². The number of hydrogen-bond acceptors (Lipinski definition) is 6. The molecule has 3 aromatic rings. The number of fused-ring (bicyclic) bond motifs is 1. The number of halogens is 3. The quantitative estimate of drug-likeness (QED) is 0.327. The molecule has 1 amide bonds. The van der Waals surface area contributed by atoms with Crippen LogP contribution < -0.4 is 9.54 Å². The number of thiazole rings is 1. The highest BCUT2D eigenvalue weighted by Crippen LogP contribution is 2.35. The second-order valence-corrected chi connectivity index (χ2v) is 8.96. The van der Waals surface area contributed by atoms with Crippen LogP contribution in [0.5, 0.6) is 5.75 Å². The SMILES string of the molecule is CCCCn1c(=NC(=O)c2cc(OC(C)(C)OC(C)=O)ccc2C(F)(F)F)sc2ccncc21. The molecular formula is C23H24F3N3O4S. The maximum Gasteiger partial charge on any atom is 0.417 e. The predicted molar refractivity (Wildman–Crippen MR) is 120 cm³/mol. The number of benzene rings is 1. The molecule has 7 nitrogen and oxygen atoms in total. The summed E-state index contributed by atoms with van der Waals surface area (Å²) in [5, 5.41) is 0. The Bertz CT molecular complexity index is 1280. The number of carbonyl (C=O) groups is 2. The lowest BCUT2D eigenvalue weighted by atomic mass is 10.1. The fourth-order valence-corrected chi connectivity index (χ4v) is 4.36. The molecule has 0 atom stereocenters. The third kappa shape index (κ3) is 6.02. The normalized spacial score (nSPS) is 12.7. The Hall–Kier alpha value is -3.21. The van der Waals surface area contributed by atoms with E-state index in [1.807, 2.05) is 6.92 Å². The lowest BCUT2D eigenvalue weighted by Crippen LogP contribution is -2.33. The zero-order chi connectivity index (χ0) is 25.1. The van der Waals surface area contributed by atoms with E-state index in [-0.39, 0.29) is 10.6 Å². The van der Waals surface area contributed by atoms with E-state index >= 15 is 0 Å². The van der Waals surface area contributed by atoms with E-state index < -0.39 is 35.0 Å². The molecule has 0 unspecified atom stereocenters.